The first kappa shape index (κ1) is 23.7. The van der Waals surface area contributed by atoms with Gasteiger partial charge in [-0.1, -0.05) is 48.0 Å². The molecule has 182 valence electrons. The standard InChI is InChI=1S/C29H31ClN2O3/c1-34-27-16-21-13-14-32(18-29(33)31-25-12-9-20-5-3-4-6-23(20)25)26(24(21)17-28(27)35-2)15-19-7-10-22(30)11-8-19/h3-8,10-11,16-17,25-26H,9,12-15,18H2,1-2H3,(H,31,33). The lowest BCUT2D eigenvalue weighted by molar-refractivity contribution is -0.123. The van der Waals surface area contributed by atoms with E-state index in [4.69, 9.17) is 21.1 Å². The van der Waals surface area contributed by atoms with Gasteiger partial charge in [-0.15, -0.1) is 0 Å². The van der Waals surface area contributed by atoms with Crippen molar-refractivity contribution in [2.45, 2.75) is 37.8 Å². The summed E-state index contributed by atoms with van der Waals surface area (Å²) in [4.78, 5) is 15.5. The van der Waals surface area contributed by atoms with Gasteiger partial charge >= 0.3 is 0 Å². The molecule has 1 aliphatic carbocycles. The molecule has 3 aromatic carbocycles. The molecule has 2 unspecified atom stereocenters. The number of fused-ring (bicyclic) bond motifs is 2. The summed E-state index contributed by atoms with van der Waals surface area (Å²) < 4.78 is 11.2. The van der Waals surface area contributed by atoms with Gasteiger partial charge in [-0.25, -0.2) is 0 Å². The van der Waals surface area contributed by atoms with E-state index in [2.05, 4.69) is 58.7 Å². The molecule has 5 rings (SSSR count). The van der Waals surface area contributed by atoms with Crippen LogP contribution in [0.15, 0.2) is 60.7 Å². The highest BCUT2D eigenvalue weighted by Gasteiger charge is 2.31. The smallest absolute Gasteiger partial charge is 0.234 e. The number of hydrogen-bond donors (Lipinski definition) is 1. The number of halogens is 1. The van der Waals surface area contributed by atoms with Gasteiger partial charge in [0.25, 0.3) is 0 Å². The minimum Gasteiger partial charge on any atom is -0.493 e. The van der Waals surface area contributed by atoms with E-state index in [0.717, 1.165) is 43.0 Å². The van der Waals surface area contributed by atoms with Crippen LogP contribution in [-0.2, 0) is 24.1 Å². The van der Waals surface area contributed by atoms with Gasteiger partial charge in [-0.2, -0.15) is 0 Å². The molecule has 0 fully saturated rings. The van der Waals surface area contributed by atoms with Crippen molar-refractivity contribution in [1.82, 2.24) is 10.2 Å². The Kier molecular flexibility index (Phi) is 6.98. The van der Waals surface area contributed by atoms with Crippen molar-refractivity contribution in [2.24, 2.45) is 0 Å². The highest BCUT2D eigenvalue weighted by molar-refractivity contribution is 6.30. The second-order valence-electron chi connectivity index (χ2n) is 9.33. The number of nitrogens with one attached hydrogen (secondary N) is 1. The average Bonchev–Trinajstić information content (AvgIpc) is 3.28. The summed E-state index contributed by atoms with van der Waals surface area (Å²) in [5, 5.41) is 4.02. The molecule has 0 spiro atoms. The van der Waals surface area contributed by atoms with Gasteiger partial charge in [0.05, 0.1) is 26.8 Å². The lowest BCUT2D eigenvalue weighted by atomic mass is 9.88. The number of ether oxygens (including phenoxy) is 2. The maximum atomic E-state index is 13.2. The van der Waals surface area contributed by atoms with Crippen LogP contribution >= 0.6 is 11.6 Å². The van der Waals surface area contributed by atoms with E-state index in [9.17, 15) is 4.79 Å². The SMILES string of the molecule is COc1cc2c(cc1OC)C(Cc1ccc(Cl)cc1)N(CC(=O)NC1CCc3ccccc31)CC2. The maximum Gasteiger partial charge on any atom is 0.234 e. The number of amides is 1. The number of carbonyl (C=O) groups excluding carboxylic acids is 1. The summed E-state index contributed by atoms with van der Waals surface area (Å²) in [5.74, 6) is 1.51. The first-order valence-electron chi connectivity index (χ1n) is 12.2. The van der Waals surface area contributed by atoms with E-state index in [0.29, 0.717) is 12.3 Å². The van der Waals surface area contributed by atoms with Crippen LogP contribution in [0.2, 0.25) is 5.02 Å². The fourth-order valence-corrected chi connectivity index (χ4v) is 5.61. The lowest BCUT2D eigenvalue weighted by Gasteiger charge is -2.37. The molecular formula is C29H31ClN2O3. The van der Waals surface area contributed by atoms with Crippen molar-refractivity contribution >= 4 is 17.5 Å². The van der Waals surface area contributed by atoms with Gasteiger partial charge in [-0.3, -0.25) is 9.69 Å². The van der Waals surface area contributed by atoms with Gasteiger partial charge in [0, 0.05) is 17.6 Å². The number of benzene rings is 3. The van der Waals surface area contributed by atoms with E-state index in [1.54, 1.807) is 14.2 Å². The molecule has 1 N–H and O–H groups in total. The number of nitrogens with zero attached hydrogens (tertiary/aromatic N) is 1. The van der Waals surface area contributed by atoms with E-state index in [-0.39, 0.29) is 18.0 Å². The van der Waals surface area contributed by atoms with Crippen LogP contribution in [0.25, 0.3) is 0 Å². The lowest BCUT2D eigenvalue weighted by Crippen LogP contribution is -2.44. The van der Waals surface area contributed by atoms with E-state index < -0.39 is 0 Å². The van der Waals surface area contributed by atoms with Gasteiger partial charge in [0.15, 0.2) is 11.5 Å². The summed E-state index contributed by atoms with van der Waals surface area (Å²) in [5.41, 5.74) is 6.19. The Morgan fingerprint density at radius 1 is 0.971 bits per heavy atom. The van der Waals surface area contributed by atoms with Crippen LogP contribution in [0.3, 0.4) is 0 Å². The molecule has 0 saturated carbocycles. The minimum absolute atomic E-state index is 0.0429. The number of hydrogen-bond acceptors (Lipinski definition) is 4. The molecule has 0 bridgehead atoms. The summed E-state index contributed by atoms with van der Waals surface area (Å²) in [6, 6.07) is 20.7. The number of methoxy groups -OCH3 is 2. The fourth-order valence-electron chi connectivity index (χ4n) is 5.48. The molecule has 2 atom stereocenters. The maximum absolute atomic E-state index is 13.2. The molecule has 35 heavy (non-hydrogen) atoms. The molecule has 3 aromatic rings. The zero-order chi connectivity index (χ0) is 24.4. The van der Waals surface area contributed by atoms with E-state index in [1.165, 1.54) is 27.8 Å². The quantitative estimate of drug-likeness (QED) is 0.488. The van der Waals surface area contributed by atoms with Gasteiger partial charge in [0.2, 0.25) is 5.91 Å². The number of rotatable bonds is 7. The normalized spacial score (nSPS) is 19.1. The highest BCUT2D eigenvalue weighted by atomic mass is 35.5. The molecule has 1 aliphatic heterocycles. The molecular weight excluding hydrogens is 460 g/mol. The second kappa shape index (κ2) is 10.3. The predicted molar refractivity (Wildman–Crippen MR) is 138 cm³/mol. The molecule has 2 aliphatic rings. The third kappa shape index (κ3) is 5.02. The van der Waals surface area contributed by atoms with Crippen LogP contribution in [0.5, 0.6) is 11.5 Å². The van der Waals surface area contributed by atoms with Crippen molar-refractivity contribution in [1.29, 1.82) is 0 Å². The summed E-state index contributed by atoms with van der Waals surface area (Å²) >= 11 is 6.13. The molecule has 1 heterocycles. The van der Waals surface area contributed by atoms with Crippen LogP contribution in [-0.4, -0.2) is 38.1 Å². The number of carbonyl (C=O) groups is 1. The Morgan fingerprint density at radius 3 is 2.49 bits per heavy atom. The van der Waals surface area contributed by atoms with Crippen molar-refractivity contribution in [3.63, 3.8) is 0 Å². The Balaban J connectivity index is 1.39. The summed E-state index contributed by atoms with van der Waals surface area (Å²) in [6.45, 7) is 1.15. The average molecular weight is 491 g/mol. The molecule has 5 nitrogen and oxygen atoms in total. The highest BCUT2D eigenvalue weighted by Crippen LogP contribution is 2.39. The summed E-state index contributed by atoms with van der Waals surface area (Å²) in [6.07, 6.45) is 3.60. The minimum atomic E-state index is 0.0429. The van der Waals surface area contributed by atoms with E-state index >= 15 is 0 Å². The molecule has 0 saturated heterocycles. The first-order valence-corrected chi connectivity index (χ1v) is 12.5. The molecule has 6 heteroatoms. The van der Waals surface area contributed by atoms with Gasteiger partial charge in [0.1, 0.15) is 0 Å². The fraction of sp³-hybridized carbons (Fsp3) is 0.345. The second-order valence-corrected chi connectivity index (χ2v) is 9.77. The van der Waals surface area contributed by atoms with Crippen LogP contribution in [0, 0.1) is 0 Å². The largest absolute Gasteiger partial charge is 0.493 e. The third-order valence-corrected chi connectivity index (χ3v) is 7.52. The van der Waals surface area contributed by atoms with Crippen molar-refractivity contribution in [3.8, 4) is 11.5 Å². The van der Waals surface area contributed by atoms with Crippen molar-refractivity contribution in [3.05, 3.63) is 93.5 Å². The molecule has 0 aromatic heterocycles. The third-order valence-electron chi connectivity index (χ3n) is 7.27. The number of aryl methyl sites for hydroxylation is 1. The Labute approximate surface area is 212 Å². The molecule has 0 radical (unpaired) electrons. The van der Waals surface area contributed by atoms with Crippen molar-refractivity contribution in [2.75, 3.05) is 27.3 Å². The van der Waals surface area contributed by atoms with Crippen molar-refractivity contribution < 1.29 is 14.3 Å². The molecule has 1 amide bonds. The zero-order valence-corrected chi connectivity index (χ0v) is 21.0. The monoisotopic (exact) mass is 490 g/mol. The van der Waals surface area contributed by atoms with E-state index in [1.807, 2.05) is 12.1 Å². The Hall–Kier alpha value is -3.02. The van der Waals surface area contributed by atoms with Crippen LogP contribution in [0.1, 0.15) is 46.3 Å². The topological polar surface area (TPSA) is 50.8 Å². The predicted octanol–water partition coefficient (Wildman–Crippen LogP) is 5.30. The first-order chi connectivity index (χ1) is 17.1. The van der Waals surface area contributed by atoms with Crippen LogP contribution < -0.4 is 14.8 Å². The van der Waals surface area contributed by atoms with Gasteiger partial charge in [-0.05, 0) is 77.8 Å². The Morgan fingerprint density at radius 2 is 1.71 bits per heavy atom. The Bertz CT molecular complexity index is 1210. The zero-order valence-electron chi connectivity index (χ0n) is 20.2. The van der Waals surface area contributed by atoms with Gasteiger partial charge < -0.3 is 14.8 Å². The van der Waals surface area contributed by atoms with Crippen LogP contribution in [0.4, 0.5) is 0 Å². The summed E-state index contributed by atoms with van der Waals surface area (Å²) in [7, 11) is 3.32.